The highest BCUT2D eigenvalue weighted by molar-refractivity contribution is 7.98. The predicted molar refractivity (Wildman–Crippen MR) is 72.7 cm³/mol. The maximum absolute atomic E-state index is 5.81. The molecule has 0 bridgehead atoms. The Hall–Kier alpha value is -1.62. The largest absolute Gasteiger partial charge is 0.476 e. The van der Waals surface area contributed by atoms with Gasteiger partial charge in [-0.05, 0) is 30.7 Å². The second-order valence-electron chi connectivity index (χ2n) is 3.76. The van der Waals surface area contributed by atoms with Gasteiger partial charge in [-0.15, -0.1) is 0 Å². The normalized spacial score (nSPS) is 10.5. The van der Waals surface area contributed by atoms with Gasteiger partial charge in [-0.25, -0.2) is 4.98 Å². The first-order valence-electron chi connectivity index (χ1n) is 5.84. The summed E-state index contributed by atoms with van der Waals surface area (Å²) in [5.41, 5.74) is 6.38. The van der Waals surface area contributed by atoms with Crippen molar-refractivity contribution in [2.24, 2.45) is 0 Å². The lowest BCUT2D eigenvalue weighted by Gasteiger charge is -2.08. The van der Waals surface area contributed by atoms with Gasteiger partial charge in [-0.3, -0.25) is 0 Å². The molecule has 0 unspecified atom stereocenters. The van der Waals surface area contributed by atoms with Crippen LogP contribution in [0.3, 0.4) is 0 Å². The molecular formula is C13H16N2O2S. The molecule has 2 heterocycles. The Labute approximate surface area is 111 Å². The number of furan rings is 1. The van der Waals surface area contributed by atoms with E-state index in [0.29, 0.717) is 18.2 Å². The highest BCUT2D eigenvalue weighted by Gasteiger charge is 2.05. The van der Waals surface area contributed by atoms with E-state index in [1.807, 2.05) is 31.2 Å². The molecule has 0 saturated heterocycles. The number of thioether (sulfide) groups is 1. The van der Waals surface area contributed by atoms with Crippen LogP contribution in [0.1, 0.15) is 19.1 Å². The number of nitrogens with two attached hydrogens (primary N) is 1. The van der Waals surface area contributed by atoms with Gasteiger partial charge in [0.2, 0.25) is 5.88 Å². The fourth-order valence-electron chi connectivity index (χ4n) is 1.37. The summed E-state index contributed by atoms with van der Waals surface area (Å²) in [5, 5.41) is 0.881. The smallest absolute Gasteiger partial charge is 0.238 e. The zero-order chi connectivity index (χ0) is 12.8. The number of ether oxygens (including phenoxy) is 1. The molecule has 0 atom stereocenters. The minimum absolute atomic E-state index is 0.515. The van der Waals surface area contributed by atoms with Gasteiger partial charge in [0.15, 0.2) is 0 Å². The maximum atomic E-state index is 5.81. The summed E-state index contributed by atoms with van der Waals surface area (Å²) < 4.78 is 10.8. The minimum atomic E-state index is 0.515. The Morgan fingerprint density at radius 3 is 3.00 bits per heavy atom. The topological polar surface area (TPSA) is 61.3 Å². The van der Waals surface area contributed by atoms with Crippen LogP contribution in [-0.4, -0.2) is 11.6 Å². The van der Waals surface area contributed by atoms with Crippen molar-refractivity contribution in [3.05, 3.63) is 36.3 Å². The molecule has 5 heteroatoms. The Kier molecular flexibility index (Phi) is 4.52. The van der Waals surface area contributed by atoms with E-state index in [4.69, 9.17) is 14.9 Å². The standard InChI is InChI=1S/C13H16N2O2S/c1-2-7-17-13-11(14)5-6-12(15-13)18-9-10-4-3-8-16-10/h3-6,8H,2,7,9,14H2,1H3. The summed E-state index contributed by atoms with van der Waals surface area (Å²) in [5.74, 6) is 2.19. The van der Waals surface area contributed by atoms with E-state index < -0.39 is 0 Å². The molecule has 2 aromatic heterocycles. The minimum Gasteiger partial charge on any atom is -0.476 e. The fourth-order valence-corrected chi connectivity index (χ4v) is 2.13. The van der Waals surface area contributed by atoms with Crippen LogP contribution in [0.15, 0.2) is 40.0 Å². The van der Waals surface area contributed by atoms with E-state index in [1.54, 1.807) is 18.0 Å². The van der Waals surface area contributed by atoms with Gasteiger partial charge < -0.3 is 14.9 Å². The van der Waals surface area contributed by atoms with Crippen LogP contribution in [0, 0.1) is 0 Å². The highest BCUT2D eigenvalue weighted by atomic mass is 32.2. The van der Waals surface area contributed by atoms with Crippen molar-refractivity contribution >= 4 is 17.4 Å². The first-order chi connectivity index (χ1) is 8.79. The third kappa shape index (κ3) is 3.43. The molecule has 0 fully saturated rings. The molecule has 2 N–H and O–H groups in total. The van der Waals surface area contributed by atoms with Crippen molar-refractivity contribution < 1.29 is 9.15 Å². The quantitative estimate of drug-likeness (QED) is 0.811. The zero-order valence-electron chi connectivity index (χ0n) is 10.3. The summed E-state index contributed by atoms with van der Waals surface area (Å²) in [7, 11) is 0. The summed E-state index contributed by atoms with van der Waals surface area (Å²) in [6, 6.07) is 7.53. The Morgan fingerprint density at radius 2 is 2.28 bits per heavy atom. The molecule has 4 nitrogen and oxygen atoms in total. The van der Waals surface area contributed by atoms with E-state index in [2.05, 4.69) is 4.98 Å². The highest BCUT2D eigenvalue weighted by Crippen LogP contribution is 2.26. The summed E-state index contributed by atoms with van der Waals surface area (Å²) in [4.78, 5) is 4.38. The lowest BCUT2D eigenvalue weighted by Crippen LogP contribution is -2.01. The third-order valence-electron chi connectivity index (χ3n) is 2.25. The molecule has 96 valence electrons. The molecule has 2 rings (SSSR count). The second kappa shape index (κ2) is 6.35. The Morgan fingerprint density at radius 1 is 1.39 bits per heavy atom. The first-order valence-corrected chi connectivity index (χ1v) is 6.82. The van der Waals surface area contributed by atoms with E-state index in [-0.39, 0.29) is 0 Å². The third-order valence-corrected chi connectivity index (χ3v) is 3.20. The number of hydrogen-bond acceptors (Lipinski definition) is 5. The Balaban J connectivity index is 2.00. The van der Waals surface area contributed by atoms with Gasteiger partial charge in [-0.2, -0.15) is 0 Å². The molecule has 2 aromatic rings. The summed E-state index contributed by atoms with van der Waals surface area (Å²) >= 11 is 1.59. The summed E-state index contributed by atoms with van der Waals surface area (Å²) in [6.07, 6.45) is 2.60. The average molecular weight is 264 g/mol. The predicted octanol–water partition coefficient (Wildman–Crippen LogP) is 3.34. The van der Waals surface area contributed by atoms with Gasteiger partial charge in [0.1, 0.15) is 10.8 Å². The molecule has 0 saturated carbocycles. The van der Waals surface area contributed by atoms with Crippen molar-refractivity contribution in [3.63, 3.8) is 0 Å². The number of aromatic nitrogens is 1. The lowest BCUT2D eigenvalue weighted by atomic mass is 10.4. The molecule has 0 amide bonds. The van der Waals surface area contributed by atoms with Gasteiger partial charge in [0, 0.05) is 0 Å². The van der Waals surface area contributed by atoms with Crippen LogP contribution >= 0.6 is 11.8 Å². The van der Waals surface area contributed by atoms with Crippen molar-refractivity contribution in [2.75, 3.05) is 12.3 Å². The van der Waals surface area contributed by atoms with E-state index in [9.17, 15) is 0 Å². The van der Waals surface area contributed by atoms with Crippen LogP contribution in [0.5, 0.6) is 5.88 Å². The molecule has 18 heavy (non-hydrogen) atoms. The van der Waals surface area contributed by atoms with Gasteiger partial charge in [-0.1, -0.05) is 18.7 Å². The van der Waals surface area contributed by atoms with Gasteiger partial charge in [0.05, 0.1) is 24.3 Å². The van der Waals surface area contributed by atoms with E-state index >= 15 is 0 Å². The van der Waals surface area contributed by atoms with Crippen LogP contribution in [-0.2, 0) is 5.75 Å². The van der Waals surface area contributed by atoms with Crippen molar-refractivity contribution in [1.29, 1.82) is 0 Å². The van der Waals surface area contributed by atoms with Crippen LogP contribution < -0.4 is 10.5 Å². The number of nitrogen functional groups attached to an aromatic ring is 1. The van der Waals surface area contributed by atoms with Crippen LogP contribution in [0.2, 0.25) is 0 Å². The maximum Gasteiger partial charge on any atom is 0.238 e. The van der Waals surface area contributed by atoms with Crippen molar-refractivity contribution in [3.8, 4) is 5.88 Å². The van der Waals surface area contributed by atoms with E-state index in [0.717, 1.165) is 23.0 Å². The molecule has 0 aliphatic rings. The van der Waals surface area contributed by atoms with Crippen molar-refractivity contribution in [2.45, 2.75) is 24.1 Å². The first kappa shape index (κ1) is 12.8. The van der Waals surface area contributed by atoms with Crippen molar-refractivity contribution in [1.82, 2.24) is 4.98 Å². The SMILES string of the molecule is CCCOc1nc(SCc2ccco2)ccc1N. The number of nitrogens with zero attached hydrogens (tertiary/aromatic N) is 1. The van der Waals surface area contributed by atoms with Gasteiger partial charge >= 0.3 is 0 Å². The molecule has 0 spiro atoms. The molecule has 0 aromatic carbocycles. The van der Waals surface area contributed by atoms with Crippen LogP contribution in [0.4, 0.5) is 5.69 Å². The average Bonchev–Trinajstić information content (AvgIpc) is 2.89. The molecular weight excluding hydrogens is 248 g/mol. The monoisotopic (exact) mass is 264 g/mol. The van der Waals surface area contributed by atoms with Crippen LogP contribution in [0.25, 0.3) is 0 Å². The molecule has 0 aliphatic carbocycles. The number of pyridine rings is 1. The molecule has 0 aliphatic heterocycles. The number of rotatable bonds is 6. The fraction of sp³-hybridized carbons (Fsp3) is 0.308. The summed E-state index contributed by atoms with van der Waals surface area (Å²) in [6.45, 7) is 2.68. The van der Waals surface area contributed by atoms with E-state index in [1.165, 1.54) is 0 Å². The molecule has 0 radical (unpaired) electrons. The lowest BCUT2D eigenvalue weighted by molar-refractivity contribution is 0.305. The number of anilines is 1. The zero-order valence-corrected chi connectivity index (χ0v) is 11.1. The Bertz CT molecular complexity index is 486. The van der Waals surface area contributed by atoms with Gasteiger partial charge in [0.25, 0.3) is 0 Å². The second-order valence-corrected chi connectivity index (χ2v) is 4.76. The number of hydrogen-bond donors (Lipinski definition) is 1.